The van der Waals surface area contributed by atoms with Gasteiger partial charge in [0.05, 0.1) is 17.9 Å². The van der Waals surface area contributed by atoms with E-state index in [1.165, 1.54) is 11.8 Å². The molecule has 0 amide bonds. The lowest BCUT2D eigenvalue weighted by atomic mass is 10.3. The van der Waals surface area contributed by atoms with Crippen LogP contribution in [-0.4, -0.2) is 25.2 Å². The highest BCUT2D eigenvalue weighted by molar-refractivity contribution is 7.99. The fourth-order valence-electron chi connectivity index (χ4n) is 1.49. The van der Waals surface area contributed by atoms with Crippen LogP contribution in [0.5, 0.6) is 0 Å². The molecule has 2 aromatic rings. The summed E-state index contributed by atoms with van der Waals surface area (Å²) in [5, 5.41) is 13.4. The number of aromatic nitrogens is 5. The van der Waals surface area contributed by atoms with Crippen molar-refractivity contribution in [3.8, 4) is 0 Å². The van der Waals surface area contributed by atoms with E-state index in [0.29, 0.717) is 11.7 Å². The van der Waals surface area contributed by atoms with E-state index < -0.39 is 0 Å². The van der Waals surface area contributed by atoms with Crippen molar-refractivity contribution in [1.29, 1.82) is 0 Å². The van der Waals surface area contributed by atoms with Gasteiger partial charge >= 0.3 is 0 Å². The maximum absolute atomic E-state index is 5.73. The zero-order valence-electron chi connectivity index (χ0n) is 9.37. The van der Waals surface area contributed by atoms with Gasteiger partial charge in [-0.25, -0.2) is 9.67 Å². The molecule has 3 rings (SSSR count). The molecule has 1 aliphatic rings. The second kappa shape index (κ2) is 3.99. The van der Waals surface area contributed by atoms with Crippen LogP contribution >= 0.6 is 11.8 Å². The molecule has 88 valence electrons. The molecule has 1 saturated carbocycles. The Morgan fingerprint density at radius 2 is 2.29 bits per heavy atom. The minimum absolute atomic E-state index is 0.474. The van der Waals surface area contributed by atoms with Gasteiger partial charge in [0, 0.05) is 0 Å². The van der Waals surface area contributed by atoms with Gasteiger partial charge in [0.1, 0.15) is 5.03 Å². The zero-order valence-corrected chi connectivity index (χ0v) is 10.2. The Morgan fingerprint density at radius 3 is 3.00 bits per heavy atom. The van der Waals surface area contributed by atoms with Crippen LogP contribution in [0.2, 0.25) is 0 Å². The summed E-state index contributed by atoms with van der Waals surface area (Å²) in [6.07, 6.45) is 3.99. The first-order chi connectivity index (χ1) is 8.24. The summed E-state index contributed by atoms with van der Waals surface area (Å²) >= 11 is 1.47. The Labute approximate surface area is 103 Å². The smallest absolute Gasteiger partial charge is 0.215 e. The van der Waals surface area contributed by atoms with Crippen LogP contribution < -0.4 is 5.73 Å². The molecule has 2 N–H and O–H groups in total. The number of rotatable bonds is 3. The van der Waals surface area contributed by atoms with Crippen LogP contribution in [0.3, 0.4) is 0 Å². The molecule has 0 bridgehead atoms. The van der Waals surface area contributed by atoms with Gasteiger partial charge in [-0.3, -0.25) is 0 Å². The Bertz CT molecular complexity index is 547. The molecular formula is C10H12N6S. The molecular weight excluding hydrogens is 236 g/mol. The van der Waals surface area contributed by atoms with Gasteiger partial charge in [-0.15, -0.1) is 5.10 Å². The molecule has 0 aliphatic heterocycles. The van der Waals surface area contributed by atoms with Gasteiger partial charge in [-0.2, -0.15) is 0 Å². The predicted molar refractivity (Wildman–Crippen MR) is 63.6 cm³/mol. The minimum Gasteiger partial charge on any atom is -0.397 e. The first-order valence-electron chi connectivity index (χ1n) is 5.42. The molecule has 0 aromatic carbocycles. The monoisotopic (exact) mass is 248 g/mol. The van der Waals surface area contributed by atoms with Crippen molar-refractivity contribution < 1.29 is 0 Å². The van der Waals surface area contributed by atoms with Gasteiger partial charge < -0.3 is 5.73 Å². The summed E-state index contributed by atoms with van der Waals surface area (Å²) in [6, 6.07) is 2.42. The number of nitrogens with two attached hydrogens (primary N) is 1. The van der Waals surface area contributed by atoms with E-state index in [1.807, 2.05) is 17.7 Å². The molecule has 6 nitrogen and oxygen atoms in total. The first kappa shape index (κ1) is 10.5. The molecule has 0 unspecified atom stereocenters. The largest absolute Gasteiger partial charge is 0.397 e. The number of nitrogen functional groups attached to an aromatic ring is 1. The average molecular weight is 248 g/mol. The third kappa shape index (κ3) is 2.10. The van der Waals surface area contributed by atoms with Crippen molar-refractivity contribution >= 4 is 17.4 Å². The molecule has 0 saturated heterocycles. The zero-order chi connectivity index (χ0) is 11.8. The van der Waals surface area contributed by atoms with Crippen molar-refractivity contribution in [2.75, 3.05) is 5.73 Å². The van der Waals surface area contributed by atoms with Crippen molar-refractivity contribution in [3.05, 3.63) is 17.8 Å². The number of nitrogens with zero attached hydrogens (tertiary/aromatic N) is 5. The van der Waals surface area contributed by atoms with E-state index in [2.05, 4.69) is 20.5 Å². The summed E-state index contributed by atoms with van der Waals surface area (Å²) in [5.74, 6) is 0. The maximum atomic E-state index is 5.73. The van der Waals surface area contributed by atoms with E-state index in [-0.39, 0.29) is 0 Å². The Morgan fingerprint density at radius 1 is 1.47 bits per heavy atom. The highest BCUT2D eigenvalue weighted by Gasteiger charge is 2.28. The molecule has 0 atom stereocenters. The predicted octanol–water partition coefficient (Wildman–Crippen LogP) is 1.44. The summed E-state index contributed by atoms with van der Waals surface area (Å²) in [5.41, 5.74) is 7.46. The van der Waals surface area contributed by atoms with Crippen molar-refractivity contribution in [1.82, 2.24) is 25.2 Å². The summed E-state index contributed by atoms with van der Waals surface area (Å²) < 4.78 is 1.87. The quantitative estimate of drug-likeness (QED) is 0.885. The molecule has 17 heavy (non-hydrogen) atoms. The second-order valence-corrected chi connectivity index (χ2v) is 5.11. The van der Waals surface area contributed by atoms with Crippen molar-refractivity contribution in [2.45, 2.75) is 36.0 Å². The minimum atomic E-state index is 0.474. The number of anilines is 1. The highest BCUT2D eigenvalue weighted by atomic mass is 32.2. The van der Waals surface area contributed by atoms with E-state index in [0.717, 1.165) is 28.6 Å². The third-order valence-corrected chi connectivity index (χ3v) is 3.56. The number of pyridine rings is 1. The molecule has 1 aliphatic carbocycles. The SMILES string of the molecule is Cc1cc(Sc2nnnn2C2CC2)ncc1N. The van der Waals surface area contributed by atoms with Gasteiger partial charge in [-0.1, -0.05) is 0 Å². The number of aryl methyl sites for hydroxylation is 1. The van der Waals surface area contributed by atoms with E-state index in [4.69, 9.17) is 5.73 Å². The Balaban J connectivity index is 1.85. The molecule has 7 heteroatoms. The summed E-state index contributed by atoms with van der Waals surface area (Å²) in [6.45, 7) is 1.96. The van der Waals surface area contributed by atoms with Crippen LogP contribution in [-0.2, 0) is 0 Å². The fourth-order valence-corrected chi connectivity index (χ4v) is 2.38. The lowest BCUT2D eigenvalue weighted by molar-refractivity contribution is 0.565. The molecule has 2 heterocycles. The number of tetrazole rings is 1. The lowest BCUT2D eigenvalue weighted by Gasteiger charge is -2.03. The maximum Gasteiger partial charge on any atom is 0.215 e. The van der Waals surface area contributed by atoms with Crippen LogP contribution in [0.4, 0.5) is 5.69 Å². The average Bonchev–Trinajstić information content (AvgIpc) is 3.05. The molecule has 0 spiro atoms. The van der Waals surface area contributed by atoms with Crippen LogP contribution in [0, 0.1) is 6.92 Å². The third-order valence-electron chi connectivity index (χ3n) is 2.68. The first-order valence-corrected chi connectivity index (χ1v) is 6.23. The molecule has 2 aromatic heterocycles. The van der Waals surface area contributed by atoms with Crippen LogP contribution in [0.25, 0.3) is 0 Å². The summed E-state index contributed by atoms with van der Waals surface area (Å²) in [7, 11) is 0. The summed E-state index contributed by atoms with van der Waals surface area (Å²) in [4.78, 5) is 4.26. The topological polar surface area (TPSA) is 82.5 Å². The number of hydrogen-bond acceptors (Lipinski definition) is 6. The Hall–Kier alpha value is -1.63. The molecule has 0 radical (unpaired) electrons. The molecule has 1 fully saturated rings. The van der Waals surface area contributed by atoms with Gasteiger partial charge in [-0.05, 0) is 53.6 Å². The van der Waals surface area contributed by atoms with Gasteiger partial charge in [0.2, 0.25) is 5.16 Å². The van der Waals surface area contributed by atoms with E-state index in [1.54, 1.807) is 6.20 Å². The second-order valence-electron chi connectivity index (χ2n) is 4.12. The lowest BCUT2D eigenvalue weighted by Crippen LogP contribution is -1.99. The van der Waals surface area contributed by atoms with Crippen molar-refractivity contribution in [2.24, 2.45) is 0 Å². The Kier molecular flexibility index (Phi) is 2.47. The van der Waals surface area contributed by atoms with Gasteiger partial charge in [0.15, 0.2) is 0 Å². The van der Waals surface area contributed by atoms with Gasteiger partial charge in [0.25, 0.3) is 0 Å². The van der Waals surface area contributed by atoms with E-state index in [9.17, 15) is 0 Å². The van der Waals surface area contributed by atoms with E-state index >= 15 is 0 Å². The standard InChI is InChI=1S/C10H12N6S/c1-6-4-9(12-5-8(6)11)17-10-13-14-15-16(10)7-2-3-7/h4-5,7H,2-3,11H2,1H3. The highest BCUT2D eigenvalue weighted by Crippen LogP contribution is 2.37. The van der Waals surface area contributed by atoms with Crippen molar-refractivity contribution in [3.63, 3.8) is 0 Å². The normalized spacial score (nSPS) is 15.1. The van der Waals surface area contributed by atoms with Crippen LogP contribution in [0.15, 0.2) is 22.4 Å². The van der Waals surface area contributed by atoms with Crippen LogP contribution in [0.1, 0.15) is 24.4 Å². The number of hydrogen-bond donors (Lipinski definition) is 1. The fraction of sp³-hybridized carbons (Fsp3) is 0.400.